The van der Waals surface area contributed by atoms with E-state index < -0.39 is 0 Å². The zero-order valence-corrected chi connectivity index (χ0v) is 10.8. The van der Waals surface area contributed by atoms with Gasteiger partial charge in [0.15, 0.2) is 0 Å². The Morgan fingerprint density at radius 1 is 1.41 bits per heavy atom. The summed E-state index contributed by atoms with van der Waals surface area (Å²) in [7, 11) is 0. The summed E-state index contributed by atoms with van der Waals surface area (Å²) in [5.41, 5.74) is 1.64. The van der Waals surface area contributed by atoms with E-state index in [0.29, 0.717) is 22.7 Å². The predicted octanol–water partition coefficient (Wildman–Crippen LogP) is 3.85. The highest BCUT2D eigenvalue weighted by molar-refractivity contribution is 5.56. The molecular formula is C14H19FN2. The average molecular weight is 234 g/mol. The summed E-state index contributed by atoms with van der Waals surface area (Å²) in [4.78, 5) is 0. The number of hydrogen-bond acceptors (Lipinski definition) is 2. The Morgan fingerprint density at radius 2 is 2.06 bits per heavy atom. The molecule has 1 N–H and O–H groups in total. The van der Waals surface area contributed by atoms with E-state index in [2.05, 4.69) is 26.1 Å². The van der Waals surface area contributed by atoms with E-state index in [0.717, 1.165) is 6.42 Å². The minimum Gasteiger partial charge on any atom is -0.382 e. The highest BCUT2D eigenvalue weighted by Crippen LogP contribution is 2.23. The topological polar surface area (TPSA) is 35.8 Å². The van der Waals surface area contributed by atoms with Gasteiger partial charge in [-0.05, 0) is 31.9 Å². The third-order valence-electron chi connectivity index (χ3n) is 3.35. The second-order valence-electron chi connectivity index (χ2n) is 4.56. The van der Waals surface area contributed by atoms with E-state index in [9.17, 15) is 4.39 Å². The summed E-state index contributed by atoms with van der Waals surface area (Å²) in [6, 6.07) is 5.21. The van der Waals surface area contributed by atoms with Gasteiger partial charge in [0.1, 0.15) is 5.82 Å². The molecule has 0 saturated carbocycles. The van der Waals surface area contributed by atoms with E-state index in [1.807, 2.05) is 6.07 Å². The minimum absolute atomic E-state index is 0.257. The molecule has 0 heterocycles. The van der Waals surface area contributed by atoms with Crippen LogP contribution < -0.4 is 5.32 Å². The van der Waals surface area contributed by atoms with Crippen molar-refractivity contribution in [3.63, 3.8) is 0 Å². The summed E-state index contributed by atoms with van der Waals surface area (Å²) in [5.74, 6) is 0.172. The van der Waals surface area contributed by atoms with Crippen LogP contribution in [0.5, 0.6) is 0 Å². The Kier molecular flexibility index (Phi) is 4.51. The van der Waals surface area contributed by atoms with Gasteiger partial charge in [-0.3, -0.25) is 0 Å². The first-order valence-electron chi connectivity index (χ1n) is 5.96. The van der Waals surface area contributed by atoms with Gasteiger partial charge in [-0.15, -0.1) is 0 Å². The maximum Gasteiger partial charge on any atom is 0.129 e. The first kappa shape index (κ1) is 13.5. The Bertz CT molecular complexity index is 435. The first-order chi connectivity index (χ1) is 7.99. The Labute approximate surface area is 102 Å². The molecule has 1 aromatic rings. The lowest BCUT2D eigenvalue weighted by atomic mass is 10.00. The molecule has 17 heavy (non-hydrogen) atoms. The molecule has 0 aliphatic rings. The standard InChI is InChI=1S/C14H19FN2/c1-5-9(2)11(4)17-14-7-12(8-16)6-13(15)10(14)3/h6-7,9,11,17H,5H2,1-4H3. The molecule has 0 radical (unpaired) electrons. The highest BCUT2D eigenvalue weighted by atomic mass is 19.1. The van der Waals surface area contributed by atoms with Gasteiger partial charge in [-0.25, -0.2) is 4.39 Å². The quantitative estimate of drug-likeness (QED) is 0.858. The van der Waals surface area contributed by atoms with Crippen LogP contribution in [0.4, 0.5) is 10.1 Å². The van der Waals surface area contributed by atoms with Crippen molar-refractivity contribution >= 4 is 5.69 Å². The molecule has 0 saturated heterocycles. The van der Waals surface area contributed by atoms with Crippen molar-refractivity contribution in [2.24, 2.45) is 5.92 Å². The molecule has 3 heteroatoms. The number of nitrogens with one attached hydrogen (secondary N) is 1. The van der Waals surface area contributed by atoms with Crippen LogP contribution in [0.1, 0.15) is 38.3 Å². The van der Waals surface area contributed by atoms with Crippen LogP contribution >= 0.6 is 0 Å². The van der Waals surface area contributed by atoms with Crippen LogP contribution in [-0.2, 0) is 0 Å². The second kappa shape index (κ2) is 5.67. The molecule has 2 unspecified atom stereocenters. The van der Waals surface area contributed by atoms with E-state index in [1.165, 1.54) is 6.07 Å². The van der Waals surface area contributed by atoms with Crippen LogP contribution in [0.2, 0.25) is 0 Å². The second-order valence-corrected chi connectivity index (χ2v) is 4.56. The van der Waals surface area contributed by atoms with Crippen molar-refractivity contribution in [3.05, 3.63) is 29.1 Å². The SMILES string of the molecule is CCC(C)C(C)Nc1cc(C#N)cc(F)c1C. The van der Waals surface area contributed by atoms with E-state index in [4.69, 9.17) is 5.26 Å². The number of anilines is 1. The smallest absolute Gasteiger partial charge is 0.129 e. The third kappa shape index (κ3) is 3.20. The number of rotatable bonds is 4. The molecule has 1 aromatic carbocycles. The molecule has 0 aromatic heterocycles. The van der Waals surface area contributed by atoms with Crippen LogP contribution in [-0.4, -0.2) is 6.04 Å². The van der Waals surface area contributed by atoms with Crippen molar-refractivity contribution in [3.8, 4) is 6.07 Å². The van der Waals surface area contributed by atoms with Gasteiger partial charge in [0, 0.05) is 17.3 Å². The maximum absolute atomic E-state index is 13.6. The van der Waals surface area contributed by atoms with Crippen LogP contribution in [0.3, 0.4) is 0 Å². The largest absolute Gasteiger partial charge is 0.382 e. The molecular weight excluding hydrogens is 215 g/mol. The number of nitrogens with zero attached hydrogens (tertiary/aromatic N) is 1. The Hall–Kier alpha value is -1.56. The lowest BCUT2D eigenvalue weighted by molar-refractivity contribution is 0.494. The zero-order chi connectivity index (χ0) is 13.0. The van der Waals surface area contributed by atoms with Gasteiger partial charge in [0.05, 0.1) is 11.6 Å². The van der Waals surface area contributed by atoms with Crippen molar-refractivity contribution in [1.29, 1.82) is 5.26 Å². The van der Waals surface area contributed by atoms with Gasteiger partial charge >= 0.3 is 0 Å². The van der Waals surface area contributed by atoms with Crippen molar-refractivity contribution < 1.29 is 4.39 Å². The van der Waals surface area contributed by atoms with E-state index >= 15 is 0 Å². The highest BCUT2D eigenvalue weighted by Gasteiger charge is 2.13. The zero-order valence-electron chi connectivity index (χ0n) is 10.8. The fourth-order valence-corrected chi connectivity index (χ4v) is 1.63. The van der Waals surface area contributed by atoms with Crippen LogP contribution in [0.25, 0.3) is 0 Å². The summed E-state index contributed by atoms with van der Waals surface area (Å²) in [6.07, 6.45) is 1.06. The monoisotopic (exact) mass is 234 g/mol. The lowest BCUT2D eigenvalue weighted by Gasteiger charge is -2.22. The maximum atomic E-state index is 13.6. The summed E-state index contributed by atoms with van der Waals surface area (Å²) in [5, 5.41) is 12.1. The van der Waals surface area contributed by atoms with E-state index in [1.54, 1.807) is 13.0 Å². The normalized spacial score (nSPS) is 13.9. The van der Waals surface area contributed by atoms with Gasteiger partial charge < -0.3 is 5.32 Å². The lowest BCUT2D eigenvalue weighted by Crippen LogP contribution is -2.23. The Balaban J connectivity index is 2.98. The van der Waals surface area contributed by atoms with Crippen molar-refractivity contribution in [2.45, 2.75) is 40.2 Å². The molecule has 1 rings (SSSR count). The van der Waals surface area contributed by atoms with Crippen LogP contribution in [0, 0.1) is 30.0 Å². The minimum atomic E-state index is -0.331. The molecule has 2 atom stereocenters. The molecule has 0 amide bonds. The summed E-state index contributed by atoms with van der Waals surface area (Å²) >= 11 is 0. The van der Waals surface area contributed by atoms with Crippen LogP contribution in [0.15, 0.2) is 12.1 Å². The fourth-order valence-electron chi connectivity index (χ4n) is 1.63. The average Bonchev–Trinajstić information content (AvgIpc) is 2.33. The van der Waals surface area contributed by atoms with Gasteiger partial charge in [-0.1, -0.05) is 20.3 Å². The van der Waals surface area contributed by atoms with Crippen molar-refractivity contribution in [1.82, 2.24) is 0 Å². The predicted molar refractivity (Wildman–Crippen MR) is 68.4 cm³/mol. The van der Waals surface area contributed by atoms with Gasteiger partial charge in [0.25, 0.3) is 0 Å². The molecule has 0 aliphatic carbocycles. The number of halogens is 1. The molecule has 92 valence electrons. The van der Waals surface area contributed by atoms with Crippen molar-refractivity contribution in [2.75, 3.05) is 5.32 Å². The fraction of sp³-hybridized carbons (Fsp3) is 0.500. The molecule has 2 nitrogen and oxygen atoms in total. The molecule has 0 aliphatic heterocycles. The van der Waals surface area contributed by atoms with Gasteiger partial charge in [-0.2, -0.15) is 5.26 Å². The third-order valence-corrected chi connectivity index (χ3v) is 3.35. The number of hydrogen-bond donors (Lipinski definition) is 1. The first-order valence-corrected chi connectivity index (χ1v) is 5.96. The number of benzene rings is 1. The summed E-state index contributed by atoms with van der Waals surface area (Å²) in [6.45, 7) is 8.08. The Morgan fingerprint density at radius 3 is 2.59 bits per heavy atom. The van der Waals surface area contributed by atoms with Gasteiger partial charge in [0.2, 0.25) is 0 Å². The summed E-state index contributed by atoms with van der Waals surface area (Å²) < 4.78 is 13.6. The molecule has 0 spiro atoms. The van der Waals surface area contributed by atoms with E-state index in [-0.39, 0.29) is 11.9 Å². The molecule has 0 fully saturated rings. The number of nitriles is 1. The molecule has 0 bridgehead atoms.